The van der Waals surface area contributed by atoms with Gasteiger partial charge in [-0.3, -0.25) is 10.5 Å². The molecule has 0 amide bonds. The highest BCUT2D eigenvalue weighted by Crippen LogP contribution is 2.50. The Bertz CT molecular complexity index is 539. The molecule has 2 N–H and O–H groups in total. The Hall–Kier alpha value is -1.48. The van der Waals surface area contributed by atoms with E-state index in [1.54, 1.807) is 0 Å². The first-order valence-electron chi connectivity index (χ1n) is 5.98. The van der Waals surface area contributed by atoms with E-state index in [4.69, 9.17) is 10.1 Å². The summed E-state index contributed by atoms with van der Waals surface area (Å²) in [4.78, 5) is 0. The summed E-state index contributed by atoms with van der Waals surface area (Å²) < 4.78 is 5.40. The topological polar surface area (TPSA) is 85.5 Å². The summed E-state index contributed by atoms with van der Waals surface area (Å²) >= 11 is 1.91. The number of nitriles is 1. The number of fused-ring (bicyclic) bond motifs is 2. The van der Waals surface area contributed by atoms with Gasteiger partial charge in [0.25, 0.3) is 0 Å². The van der Waals surface area contributed by atoms with Gasteiger partial charge in [0.15, 0.2) is 0 Å². The van der Waals surface area contributed by atoms with E-state index in [1.165, 1.54) is 0 Å². The van der Waals surface area contributed by atoms with Crippen molar-refractivity contribution in [1.82, 2.24) is 10.2 Å². The second-order valence-electron chi connectivity index (χ2n) is 4.83. The maximum Gasteiger partial charge on any atom is 0.243 e. The molecule has 2 aliphatic heterocycles. The van der Waals surface area contributed by atoms with E-state index in [-0.39, 0.29) is 11.3 Å². The molecule has 1 aromatic heterocycles. The molecule has 2 aliphatic rings. The molecule has 18 heavy (non-hydrogen) atoms. The highest BCUT2D eigenvalue weighted by molar-refractivity contribution is 7.99. The molecule has 1 aromatic rings. The predicted octanol–water partition coefficient (Wildman–Crippen LogP) is 1.99. The molecule has 1 fully saturated rings. The van der Waals surface area contributed by atoms with Gasteiger partial charge in [-0.25, -0.2) is 0 Å². The summed E-state index contributed by atoms with van der Waals surface area (Å²) in [6, 6.07) is 2.27. The molecule has 3 heterocycles. The van der Waals surface area contributed by atoms with Crippen molar-refractivity contribution in [3.05, 3.63) is 11.3 Å². The Morgan fingerprint density at radius 1 is 1.56 bits per heavy atom. The summed E-state index contributed by atoms with van der Waals surface area (Å²) in [6.45, 7) is 1.96. The van der Waals surface area contributed by atoms with Crippen molar-refractivity contribution in [2.24, 2.45) is 5.92 Å². The molecule has 0 radical (unpaired) electrons. The van der Waals surface area contributed by atoms with Gasteiger partial charge in [-0.15, -0.1) is 5.10 Å². The average molecular weight is 262 g/mol. The van der Waals surface area contributed by atoms with Crippen molar-refractivity contribution in [2.45, 2.75) is 25.2 Å². The van der Waals surface area contributed by atoms with E-state index >= 15 is 0 Å². The fourth-order valence-corrected chi connectivity index (χ4v) is 4.30. The van der Waals surface area contributed by atoms with Crippen LogP contribution in [-0.4, -0.2) is 27.6 Å². The van der Waals surface area contributed by atoms with Crippen LogP contribution in [0.2, 0.25) is 0 Å². The number of aryl methyl sites for hydroxylation is 1. The Labute approximate surface area is 109 Å². The van der Waals surface area contributed by atoms with Crippen molar-refractivity contribution < 1.29 is 4.74 Å². The fraction of sp³-hybridized carbons (Fsp3) is 0.583. The minimum Gasteiger partial charge on any atom is -0.422 e. The third-order valence-electron chi connectivity index (χ3n) is 3.95. The monoisotopic (exact) mass is 262 g/mol. The van der Waals surface area contributed by atoms with Crippen LogP contribution in [0.25, 0.3) is 0 Å². The molecule has 0 aromatic carbocycles. The van der Waals surface area contributed by atoms with Gasteiger partial charge < -0.3 is 4.74 Å². The lowest BCUT2D eigenvalue weighted by molar-refractivity contribution is 0.287. The number of thioether (sulfide) groups is 1. The van der Waals surface area contributed by atoms with E-state index < -0.39 is 5.92 Å². The van der Waals surface area contributed by atoms with Crippen molar-refractivity contribution in [3.8, 4) is 11.9 Å². The minimum absolute atomic E-state index is 0.0448. The zero-order chi connectivity index (χ0) is 12.8. The lowest BCUT2D eigenvalue weighted by atomic mass is 9.65. The highest BCUT2D eigenvalue weighted by atomic mass is 32.2. The van der Waals surface area contributed by atoms with Gasteiger partial charge in [-0.1, -0.05) is 0 Å². The van der Waals surface area contributed by atoms with Crippen LogP contribution < -0.4 is 4.74 Å². The zero-order valence-corrected chi connectivity index (χ0v) is 10.9. The molecule has 3 rings (SSSR count). The van der Waals surface area contributed by atoms with Crippen LogP contribution in [-0.2, 0) is 5.41 Å². The van der Waals surface area contributed by atoms with Gasteiger partial charge in [0.1, 0.15) is 5.92 Å². The Morgan fingerprint density at radius 3 is 2.94 bits per heavy atom. The first-order valence-corrected chi connectivity index (χ1v) is 7.13. The second-order valence-corrected chi connectivity index (χ2v) is 6.05. The highest BCUT2D eigenvalue weighted by Gasteiger charge is 2.51. The molecule has 0 saturated carbocycles. The largest absolute Gasteiger partial charge is 0.422 e. The number of H-pyrrole nitrogens is 1. The van der Waals surface area contributed by atoms with Gasteiger partial charge in [-0.2, -0.15) is 17.0 Å². The number of hydrogen-bond donors (Lipinski definition) is 2. The number of aromatic amines is 1. The number of ether oxygens (including phenoxy) is 1. The van der Waals surface area contributed by atoms with Crippen molar-refractivity contribution in [2.75, 3.05) is 11.5 Å². The van der Waals surface area contributed by atoms with Gasteiger partial charge in [0.05, 0.1) is 6.07 Å². The summed E-state index contributed by atoms with van der Waals surface area (Å²) in [5.74, 6) is 2.10. The van der Waals surface area contributed by atoms with Crippen LogP contribution in [0.4, 0.5) is 0 Å². The number of hydrogen-bond acceptors (Lipinski definition) is 5. The third-order valence-corrected chi connectivity index (χ3v) is 4.93. The molecule has 1 spiro atoms. The van der Waals surface area contributed by atoms with Crippen molar-refractivity contribution >= 4 is 17.7 Å². The smallest absolute Gasteiger partial charge is 0.243 e. The molecule has 0 bridgehead atoms. The van der Waals surface area contributed by atoms with Gasteiger partial charge in [0, 0.05) is 16.7 Å². The second kappa shape index (κ2) is 4.02. The van der Waals surface area contributed by atoms with E-state index in [1.807, 2.05) is 18.7 Å². The van der Waals surface area contributed by atoms with Gasteiger partial charge in [-0.05, 0) is 31.3 Å². The van der Waals surface area contributed by atoms with Crippen LogP contribution in [0.5, 0.6) is 5.88 Å². The minimum atomic E-state index is -0.484. The summed E-state index contributed by atoms with van der Waals surface area (Å²) in [6.07, 6.45) is 1.82. The standard InChI is InChI=1S/C12H14N4OS/c1-7-9-11(16-15-7)17-10(14)8(6-13)12(9)2-4-18-5-3-12/h8,14H,2-5H2,1H3,(H,15,16). The molecule has 94 valence electrons. The van der Waals surface area contributed by atoms with E-state index in [9.17, 15) is 5.26 Å². The third kappa shape index (κ3) is 1.40. The normalized spacial score (nSPS) is 25.3. The van der Waals surface area contributed by atoms with E-state index in [2.05, 4.69) is 16.3 Å². The van der Waals surface area contributed by atoms with Gasteiger partial charge in [0.2, 0.25) is 11.8 Å². The maximum absolute atomic E-state index is 9.42. The van der Waals surface area contributed by atoms with Crippen LogP contribution >= 0.6 is 11.8 Å². The SMILES string of the molecule is Cc1[nH]nc2c1C1(CCSCC1)C(C#N)C(=N)O2. The molecule has 0 aliphatic carbocycles. The summed E-state index contributed by atoms with van der Waals surface area (Å²) in [5, 5.41) is 24.4. The molecular formula is C12H14N4OS. The Balaban J connectivity index is 2.20. The molecular weight excluding hydrogens is 248 g/mol. The first-order chi connectivity index (χ1) is 8.69. The quantitative estimate of drug-likeness (QED) is 0.748. The average Bonchev–Trinajstić information content (AvgIpc) is 2.73. The predicted molar refractivity (Wildman–Crippen MR) is 69.0 cm³/mol. The molecule has 1 saturated heterocycles. The van der Waals surface area contributed by atoms with Crippen LogP contribution in [0.3, 0.4) is 0 Å². The Morgan fingerprint density at radius 2 is 2.28 bits per heavy atom. The fourth-order valence-electron chi connectivity index (χ4n) is 3.08. The van der Waals surface area contributed by atoms with Crippen LogP contribution in [0.1, 0.15) is 24.1 Å². The van der Waals surface area contributed by atoms with E-state index in [0.717, 1.165) is 35.6 Å². The lowest BCUT2D eigenvalue weighted by Crippen LogP contribution is -2.47. The van der Waals surface area contributed by atoms with Crippen molar-refractivity contribution in [1.29, 1.82) is 10.7 Å². The number of nitrogens with zero attached hydrogens (tertiary/aromatic N) is 2. The summed E-state index contributed by atoms with van der Waals surface area (Å²) in [7, 11) is 0. The first kappa shape index (κ1) is 11.6. The summed E-state index contributed by atoms with van der Waals surface area (Å²) in [5.41, 5.74) is 1.71. The van der Waals surface area contributed by atoms with Crippen LogP contribution in [0, 0.1) is 29.6 Å². The molecule has 5 nitrogen and oxygen atoms in total. The van der Waals surface area contributed by atoms with Crippen LogP contribution in [0.15, 0.2) is 0 Å². The van der Waals surface area contributed by atoms with Crippen molar-refractivity contribution in [3.63, 3.8) is 0 Å². The number of nitrogens with one attached hydrogen (secondary N) is 2. The van der Waals surface area contributed by atoms with E-state index in [0.29, 0.717) is 5.88 Å². The number of rotatable bonds is 0. The maximum atomic E-state index is 9.42. The lowest BCUT2D eigenvalue weighted by Gasteiger charge is -2.42. The Kier molecular flexibility index (Phi) is 2.59. The molecule has 1 unspecified atom stereocenters. The zero-order valence-electron chi connectivity index (χ0n) is 10.1. The molecule has 1 atom stereocenters. The number of aromatic nitrogens is 2. The van der Waals surface area contributed by atoms with Gasteiger partial charge >= 0.3 is 0 Å². The molecule has 6 heteroatoms.